The van der Waals surface area contributed by atoms with Crippen molar-refractivity contribution in [2.75, 3.05) is 6.67 Å². The molecule has 0 atom stereocenters. The first-order valence-corrected chi connectivity index (χ1v) is 10.1. The second kappa shape index (κ2) is 8.26. The SMILES string of the molecule is Cc1cccc(C)c1Oc1cn(CCCF)c(=O)cc1-c1cn(C)c(=O)c2[nH]ccc12. The van der Waals surface area contributed by atoms with E-state index in [0.717, 1.165) is 11.1 Å². The van der Waals surface area contributed by atoms with E-state index >= 15 is 0 Å². The van der Waals surface area contributed by atoms with Gasteiger partial charge >= 0.3 is 0 Å². The Bertz CT molecular complexity index is 1360. The highest BCUT2D eigenvalue weighted by molar-refractivity contribution is 5.95. The van der Waals surface area contributed by atoms with Crippen molar-refractivity contribution in [1.82, 2.24) is 14.1 Å². The average molecular weight is 421 g/mol. The van der Waals surface area contributed by atoms with E-state index in [1.54, 1.807) is 25.6 Å². The van der Waals surface area contributed by atoms with Gasteiger partial charge in [0.05, 0.1) is 12.9 Å². The van der Waals surface area contributed by atoms with Crippen LogP contribution in [0.2, 0.25) is 0 Å². The van der Waals surface area contributed by atoms with Crippen molar-refractivity contribution in [2.24, 2.45) is 7.05 Å². The maximum atomic E-state index is 12.8. The molecule has 0 spiro atoms. The number of H-pyrrole nitrogens is 1. The molecule has 0 unspecified atom stereocenters. The third-order valence-corrected chi connectivity index (χ3v) is 5.43. The first kappa shape index (κ1) is 20.7. The van der Waals surface area contributed by atoms with Gasteiger partial charge in [0.2, 0.25) is 0 Å². The molecule has 3 heterocycles. The summed E-state index contributed by atoms with van der Waals surface area (Å²) in [7, 11) is 1.67. The number of alkyl halides is 1. The zero-order valence-electron chi connectivity index (χ0n) is 17.7. The number of para-hydroxylation sites is 1. The van der Waals surface area contributed by atoms with E-state index in [9.17, 15) is 14.0 Å². The highest BCUT2D eigenvalue weighted by Crippen LogP contribution is 2.37. The Balaban J connectivity index is 1.97. The molecule has 0 amide bonds. The first-order chi connectivity index (χ1) is 14.9. The Labute approximate surface area is 178 Å². The molecule has 31 heavy (non-hydrogen) atoms. The molecular formula is C24H24FN3O3. The van der Waals surface area contributed by atoms with Gasteiger partial charge in [0.25, 0.3) is 11.1 Å². The Morgan fingerprint density at radius 3 is 2.52 bits per heavy atom. The fourth-order valence-electron chi connectivity index (χ4n) is 3.80. The molecule has 0 bridgehead atoms. The number of nitrogens with one attached hydrogen (secondary N) is 1. The number of halogens is 1. The summed E-state index contributed by atoms with van der Waals surface area (Å²) in [5.41, 5.74) is 3.24. The number of hydrogen-bond donors (Lipinski definition) is 1. The summed E-state index contributed by atoms with van der Waals surface area (Å²) in [6.07, 6.45) is 5.27. The predicted molar refractivity (Wildman–Crippen MR) is 120 cm³/mol. The van der Waals surface area contributed by atoms with E-state index in [1.807, 2.05) is 38.1 Å². The van der Waals surface area contributed by atoms with Crippen molar-refractivity contribution in [1.29, 1.82) is 0 Å². The summed E-state index contributed by atoms with van der Waals surface area (Å²) in [6.45, 7) is 3.66. The molecule has 0 saturated carbocycles. The lowest BCUT2D eigenvalue weighted by Gasteiger charge is -2.17. The molecule has 7 heteroatoms. The Morgan fingerprint density at radius 2 is 1.81 bits per heavy atom. The third-order valence-electron chi connectivity index (χ3n) is 5.43. The summed E-state index contributed by atoms with van der Waals surface area (Å²) in [5.74, 6) is 1.17. The Kier molecular flexibility index (Phi) is 5.50. The van der Waals surface area contributed by atoms with Crippen molar-refractivity contribution in [2.45, 2.75) is 26.8 Å². The lowest BCUT2D eigenvalue weighted by atomic mass is 10.0. The molecule has 0 aliphatic carbocycles. The van der Waals surface area contributed by atoms with E-state index in [-0.39, 0.29) is 24.1 Å². The molecule has 0 aliphatic rings. The lowest BCUT2D eigenvalue weighted by molar-refractivity contribution is 0.434. The largest absolute Gasteiger partial charge is 0.455 e. The van der Waals surface area contributed by atoms with Gasteiger partial charge in [-0.05, 0) is 37.5 Å². The van der Waals surface area contributed by atoms with Crippen molar-refractivity contribution in [3.63, 3.8) is 0 Å². The predicted octanol–water partition coefficient (Wildman–Crippen LogP) is 4.46. The fourth-order valence-corrected chi connectivity index (χ4v) is 3.80. The van der Waals surface area contributed by atoms with Crippen LogP contribution >= 0.6 is 0 Å². The van der Waals surface area contributed by atoms with Gasteiger partial charge in [-0.15, -0.1) is 0 Å². The highest BCUT2D eigenvalue weighted by Gasteiger charge is 2.18. The molecule has 4 rings (SSSR count). The summed E-state index contributed by atoms with van der Waals surface area (Å²) in [4.78, 5) is 28.3. The average Bonchev–Trinajstić information content (AvgIpc) is 3.23. The van der Waals surface area contributed by atoms with Gasteiger partial charge in [0, 0.05) is 48.6 Å². The van der Waals surface area contributed by atoms with Gasteiger partial charge in [-0.3, -0.25) is 14.0 Å². The molecule has 160 valence electrons. The van der Waals surface area contributed by atoms with Gasteiger partial charge in [-0.1, -0.05) is 18.2 Å². The molecule has 1 N–H and O–H groups in total. The van der Waals surface area contributed by atoms with Gasteiger partial charge < -0.3 is 18.9 Å². The van der Waals surface area contributed by atoms with Crippen LogP contribution in [-0.4, -0.2) is 20.8 Å². The Morgan fingerprint density at radius 1 is 1.06 bits per heavy atom. The van der Waals surface area contributed by atoms with Crippen molar-refractivity contribution < 1.29 is 9.13 Å². The van der Waals surface area contributed by atoms with Crippen LogP contribution in [0.4, 0.5) is 4.39 Å². The molecule has 6 nitrogen and oxygen atoms in total. The van der Waals surface area contributed by atoms with E-state index < -0.39 is 6.67 Å². The summed E-state index contributed by atoms with van der Waals surface area (Å²) < 4.78 is 22.0. The normalized spacial score (nSPS) is 11.2. The summed E-state index contributed by atoms with van der Waals surface area (Å²) in [5, 5.41) is 0.704. The fraction of sp³-hybridized carbons (Fsp3) is 0.250. The van der Waals surface area contributed by atoms with Gasteiger partial charge in [-0.2, -0.15) is 0 Å². The smallest absolute Gasteiger partial charge is 0.274 e. The number of hydrogen-bond acceptors (Lipinski definition) is 3. The molecule has 0 radical (unpaired) electrons. The number of aromatic nitrogens is 3. The quantitative estimate of drug-likeness (QED) is 0.500. The summed E-state index contributed by atoms with van der Waals surface area (Å²) in [6, 6.07) is 9.17. The maximum Gasteiger partial charge on any atom is 0.274 e. The van der Waals surface area contributed by atoms with E-state index in [2.05, 4.69) is 4.98 Å². The van der Waals surface area contributed by atoms with Crippen LogP contribution in [0.3, 0.4) is 0 Å². The van der Waals surface area contributed by atoms with Crippen molar-refractivity contribution in [3.8, 4) is 22.6 Å². The number of benzene rings is 1. The molecule has 1 aromatic carbocycles. The van der Waals surface area contributed by atoms with Crippen LogP contribution in [0, 0.1) is 13.8 Å². The number of ether oxygens (including phenoxy) is 1. The van der Waals surface area contributed by atoms with E-state index in [0.29, 0.717) is 33.5 Å². The zero-order valence-corrected chi connectivity index (χ0v) is 17.7. The van der Waals surface area contributed by atoms with Crippen LogP contribution in [-0.2, 0) is 13.6 Å². The van der Waals surface area contributed by atoms with Crippen molar-refractivity contribution >= 4 is 10.9 Å². The number of nitrogens with zero attached hydrogens (tertiary/aromatic N) is 2. The molecule has 3 aromatic heterocycles. The number of fused-ring (bicyclic) bond motifs is 1. The van der Waals surface area contributed by atoms with Gasteiger partial charge in [0.15, 0.2) is 5.75 Å². The maximum absolute atomic E-state index is 12.8. The van der Waals surface area contributed by atoms with Crippen LogP contribution in [0.1, 0.15) is 17.5 Å². The molecule has 0 saturated heterocycles. The second-order valence-corrected chi connectivity index (χ2v) is 7.67. The van der Waals surface area contributed by atoms with Crippen molar-refractivity contribution in [3.05, 3.63) is 80.8 Å². The topological polar surface area (TPSA) is 69.0 Å². The molecule has 0 aliphatic heterocycles. The second-order valence-electron chi connectivity index (χ2n) is 7.67. The minimum atomic E-state index is -0.508. The molecule has 4 aromatic rings. The number of aromatic amines is 1. The van der Waals surface area contributed by atoms with Gasteiger partial charge in [0.1, 0.15) is 11.3 Å². The first-order valence-electron chi connectivity index (χ1n) is 10.1. The molecular weight excluding hydrogens is 397 g/mol. The van der Waals surface area contributed by atoms with E-state index in [4.69, 9.17) is 4.74 Å². The zero-order chi connectivity index (χ0) is 22.1. The minimum Gasteiger partial charge on any atom is -0.455 e. The Hall–Kier alpha value is -3.61. The molecule has 0 fully saturated rings. The summed E-state index contributed by atoms with van der Waals surface area (Å²) >= 11 is 0. The highest BCUT2D eigenvalue weighted by atomic mass is 19.1. The van der Waals surface area contributed by atoms with E-state index in [1.165, 1.54) is 15.2 Å². The minimum absolute atomic E-state index is 0.155. The number of pyridine rings is 2. The van der Waals surface area contributed by atoms with Crippen LogP contribution in [0.5, 0.6) is 11.5 Å². The lowest BCUT2D eigenvalue weighted by Crippen LogP contribution is -2.20. The number of rotatable bonds is 6. The third kappa shape index (κ3) is 3.79. The van der Waals surface area contributed by atoms with Crippen LogP contribution < -0.4 is 15.9 Å². The van der Waals surface area contributed by atoms with Crippen LogP contribution in [0.25, 0.3) is 22.0 Å². The standard InChI is InChI=1S/C24H24FN3O3/c1-15-6-4-7-16(2)23(15)31-20-14-28(11-5-9-25)21(29)12-18(20)19-13-27(3)24(30)22-17(19)8-10-26-22/h4,6-8,10,12-14,26H,5,9,11H2,1-3H3. The van der Waals surface area contributed by atoms with Gasteiger partial charge in [-0.25, -0.2) is 0 Å². The van der Waals surface area contributed by atoms with Crippen LogP contribution in [0.15, 0.2) is 58.5 Å². The monoisotopic (exact) mass is 421 g/mol. The number of aryl methyl sites for hydroxylation is 4.